The maximum Gasteiger partial charge on any atom is 0.126 e. The fraction of sp³-hybridized carbons (Fsp3) is 0.360. The zero-order chi connectivity index (χ0) is 63.2. The Morgan fingerprint density at radius 1 is 0.359 bits per heavy atom. The number of aliphatic hydroxyl groups is 1. The molecule has 8 aromatic rings. The van der Waals surface area contributed by atoms with E-state index in [-0.39, 0.29) is 12.1 Å². The lowest BCUT2D eigenvalue weighted by Gasteiger charge is -2.19. The Labute approximate surface area is 539 Å². The number of hydrogen-bond donors (Lipinski definition) is 9. The van der Waals surface area contributed by atoms with Gasteiger partial charge in [-0.3, -0.25) is 20.0 Å². The van der Waals surface area contributed by atoms with Crippen molar-refractivity contribution in [1.82, 2.24) is 19.9 Å². The number of aliphatic imine (C=N–C) groups is 4. The number of nitrogen functional groups attached to an aromatic ring is 4. The van der Waals surface area contributed by atoms with Gasteiger partial charge in [-0.25, -0.2) is 19.9 Å². The van der Waals surface area contributed by atoms with E-state index in [1.54, 1.807) is 0 Å². The molecule has 0 spiro atoms. The Hall–Kier alpha value is -9.48. The van der Waals surface area contributed by atoms with Gasteiger partial charge in [-0.1, -0.05) is 69.3 Å². The maximum atomic E-state index is 10.0. The number of rotatable bonds is 12. The quantitative estimate of drug-likeness (QED) is 0.0551. The van der Waals surface area contributed by atoms with Crippen LogP contribution >= 0.6 is 0 Å². The number of benzene rings is 4. The van der Waals surface area contributed by atoms with Crippen molar-refractivity contribution < 1.29 is 5.11 Å². The normalized spacial score (nSPS) is 23.4. The van der Waals surface area contributed by atoms with E-state index in [1.807, 2.05) is 55.2 Å². The summed E-state index contributed by atoms with van der Waals surface area (Å²) < 4.78 is 0. The van der Waals surface area contributed by atoms with Gasteiger partial charge >= 0.3 is 0 Å². The van der Waals surface area contributed by atoms with Gasteiger partial charge in [0.1, 0.15) is 23.3 Å². The lowest BCUT2D eigenvalue weighted by Crippen LogP contribution is -2.28. The van der Waals surface area contributed by atoms with Crippen molar-refractivity contribution in [3.05, 3.63) is 144 Å². The van der Waals surface area contributed by atoms with Gasteiger partial charge in [0, 0.05) is 112 Å². The maximum absolute atomic E-state index is 10.0. The van der Waals surface area contributed by atoms with Crippen LogP contribution in [0.4, 0.5) is 46.0 Å². The molecule has 8 atom stereocenters. The van der Waals surface area contributed by atoms with Crippen LogP contribution in [0.5, 0.6) is 0 Å². The average Bonchev–Trinajstić information content (AvgIpc) is 1.51. The lowest BCUT2D eigenvalue weighted by atomic mass is 10.0. The summed E-state index contributed by atoms with van der Waals surface area (Å²) >= 11 is 0. The van der Waals surface area contributed by atoms with Crippen molar-refractivity contribution in [3.8, 4) is 0 Å². The lowest BCUT2D eigenvalue weighted by molar-refractivity contribution is 0.172. The molecular formula is C75H86N16O. The topological polar surface area (TPSA) is 273 Å². The highest BCUT2D eigenvalue weighted by Crippen LogP contribution is 2.38. The van der Waals surface area contributed by atoms with Crippen LogP contribution in [-0.4, -0.2) is 106 Å². The van der Waals surface area contributed by atoms with E-state index in [1.165, 1.54) is 96.8 Å². The van der Waals surface area contributed by atoms with E-state index in [2.05, 4.69) is 173 Å². The minimum Gasteiger partial charge on any atom is -0.391 e. The number of anilines is 8. The Morgan fingerprint density at radius 2 is 0.652 bits per heavy atom. The number of aliphatic hydroxyl groups excluding tert-OH is 1. The summed E-state index contributed by atoms with van der Waals surface area (Å²) in [6, 6.07) is 34.9. The fourth-order valence-electron chi connectivity index (χ4n) is 14.4. The molecule has 4 aliphatic heterocycles. The Kier molecular flexibility index (Phi) is 18.4. The van der Waals surface area contributed by atoms with Crippen LogP contribution in [0.3, 0.4) is 0 Å². The van der Waals surface area contributed by atoms with Gasteiger partial charge < -0.3 is 49.3 Å². The first-order valence-electron chi connectivity index (χ1n) is 33.1. The highest BCUT2D eigenvalue weighted by atomic mass is 16.3. The fourth-order valence-corrected chi connectivity index (χ4v) is 14.4. The highest BCUT2D eigenvalue weighted by Gasteiger charge is 2.27. The number of aromatic nitrogens is 4. The van der Waals surface area contributed by atoms with Crippen molar-refractivity contribution in [2.24, 2.45) is 37.7 Å². The number of nitrogens with two attached hydrogens (primary N) is 4. The summed E-state index contributed by atoms with van der Waals surface area (Å²) in [5, 5.41) is 29.0. The summed E-state index contributed by atoms with van der Waals surface area (Å²) in [7, 11) is 0. The number of allylic oxidation sites excluding steroid dienone is 4. The summed E-state index contributed by atoms with van der Waals surface area (Å²) in [5.41, 5.74) is 41.6. The number of pyridine rings is 4. The molecule has 4 aromatic carbocycles. The molecule has 472 valence electrons. The molecule has 0 radical (unpaired) electrons. The van der Waals surface area contributed by atoms with Gasteiger partial charge in [0.2, 0.25) is 0 Å². The molecule has 4 fully saturated rings. The van der Waals surface area contributed by atoms with Gasteiger partial charge in [-0.2, -0.15) is 0 Å². The zero-order valence-electron chi connectivity index (χ0n) is 53.1. The monoisotopic (exact) mass is 1230 g/mol. The van der Waals surface area contributed by atoms with E-state index in [9.17, 15) is 5.11 Å². The predicted octanol–water partition coefficient (Wildman–Crippen LogP) is 14.3. The van der Waals surface area contributed by atoms with Gasteiger partial charge in [-0.05, 0) is 188 Å². The molecule has 16 rings (SSSR count). The standard InChI is InChI=1S/3C19H22N4.C18H20N4O/c3*1-12-2-4-15(8-12)22-18-10-19(20)23-17-9-13(3-5-16(17)18)14-6-7-21-11-14;19-18-9-16(21-14-2-1-3-17(14)23)13-5-4-11(8-15(13)22-18)12-6-7-20-10-12/h3*3,5-7,9-10,12,15H,2,4,8,11H2,1H3,(H3,20,22,23);4-9,14,17,23H,1-3,10H2,(H3,19,21,22)/t12-,15+;2*12-,15-;14-,17+/m0101/s1. The number of nitrogens with one attached hydrogen (secondary N) is 4. The van der Waals surface area contributed by atoms with E-state index < -0.39 is 0 Å². The summed E-state index contributed by atoms with van der Waals surface area (Å²) in [4.78, 5) is 35.1. The Bertz CT molecular complexity index is 4000. The van der Waals surface area contributed by atoms with Crippen LogP contribution in [-0.2, 0) is 0 Å². The zero-order valence-corrected chi connectivity index (χ0v) is 53.1. The van der Waals surface area contributed by atoms with Crippen LogP contribution in [0.1, 0.15) is 120 Å². The molecule has 8 aliphatic rings. The molecule has 4 aromatic heterocycles. The summed E-state index contributed by atoms with van der Waals surface area (Å²) in [5.74, 6) is 4.61. The second kappa shape index (κ2) is 27.5. The molecule has 4 saturated carbocycles. The van der Waals surface area contributed by atoms with E-state index in [0.717, 1.165) is 129 Å². The SMILES string of the molecule is C[C@@H]1CC[C@@H](Nc2cc(N)nc3cc(C4=CC=NC4)ccc23)C1.C[C@H]1CC[C@@H](Nc2cc(N)nc3cc(C4=CC=NC4)ccc23)C1.C[C@H]1CC[C@H](Nc2cc(N)nc3cc(C4=CC=NC4)ccc23)C1.Nc1cc(N[C@@H]2CCC[C@@H]2O)c2ccc(C3=CC=NC3)cc2n1. The van der Waals surface area contributed by atoms with Crippen molar-refractivity contribution in [1.29, 1.82) is 0 Å². The van der Waals surface area contributed by atoms with Crippen LogP contribution in [0.2, 0.25) is 0 Å². The number of fused-ring (bicyclic) bond motifs is 4. The minimum absolute atomic E-state index is 0.0885. The summed E-state index contributed by atoms with van der Waals surface area (Å²) in [6.45, 7) is 9.93. The van der Waals surface area contributed by atoms with Gasteiger partial charge in [0.15, 0.2) is 0 Å². The first-order valence-corrected chi connectivity index (χ1v) is 33.1. The first kappa shape index (κ1) is 61.4. The van der Waals surface area contributed by atoms with Crippen LogP contribution < -0.4 is 44.2 Å². The largest absolute Gasteiger partial charge is 0.391 e. The molecule has 8 heterocycles. The molecule has 92 heavy (non-hydrogen) atoms. The van der Waals surface area contributed by atoms with Gasteiger partial charge in [-0.15, -0.1) is 0 Å². The molecular weight excluding hydrogens is 1140 g/mol. The van der Waals surface area contributed by atoms with Crippen LogP contribution in [0.15, 0.2) is 141 Å². The third kappa shape index (κ3) is 14.5. The van der Waals surface area contributed by atoms with Crippen molar-refractivity contribution in [3.63, 3.8) is 0 Å². The molecule has 0 unspecified atom stereocenters. The molecule has 0 amide bonds. The Balaban J connectivity index is 0.000000112. The third-order valence-corrected chi connectivity index (χ3v) is 19.4. The molecule has 4 aliphatic carbocycles. The minimum atomic E-state index is -0.292. The molecule has 17 nitrogen and oxygen atoms in total. The smallest absolute Gasteiger partial charge is 0.126 e. The summed E-state index contributed by atoms with van der Waals surface area (Å²) in [6.07, 6.45) is 29.5. The van der Waals surface area contributed by atoms with Crippen LogP contribution in [0.25, 0.3) is 65.9 Å². The number of nitrogens with zero attached hydrogens (tertiary/aromatic N) is 8. The average molecular weight is 1230 g/mol. The first-order chi connectivity index (χ1) is 44.8. The number of hydrogen-bond acceptors (Lipinski definition) is 17. The van der Waals surface area contributed by atoms with Crippen molar-refractivity contribution in [2.45, 2.75) is 128 Å². The molecule has 13 N–H and O–H groups in total. The van der Waals surface area contributed by atoms with Crippen molar-refractivity contribution in [2.75, 3.05) is 70.4 Å². The van der Waals surface area contributed by atoms with E-state index >= 15 is 0 Å². The second-order valence-corrected chi connectivity index (χ2v) is 26.6. The molecule has 0 saturated heterocycles. The second-order valence-electron chi connectivity index (χ2n) is 26.6. The van der Waals surface area contributed by atoms with E-state index in [4.69, 9.17) is 22.9 Å². The van der Waals surface area contributed by atoms with Gasteiger partial charge in [0.05, 0.1) is 60.4 Å². The van der Waals surface area contributed by atoms with E-state index in [0.29, 0.717) is 47.9 Å². The van der Waals surface area contributed by atoms with Gasteiger partial charge in [0.25, 0.3) is 0 Å². The van der Waals surface area contributed by atoms with Crippen LogP contribution in [0, 0.1) is 17.8 Å². The Morgan fingerprint density at radius 3 is 0.891 bits per heavy atom. The third-order valence-electron chi connectivity index (χ3n) is 19.4. The molecule has 17 heteroatoms. The predicted molar refractivity (Wildman–Crippen MR) is 389 cm³/mol. The highest BCUT2D eigenvalue weighted by molar-refractivity contribution is 6.01. The molecule has 0 bridgehead atoms. The van der Waals surface area contributed by atoms with Crippen molar-refractivity contribution >= 4 is 137 Å².